The van der Waals surface area contributed by atoms with Crippen molar-refractivity contribution >= 4 is 13.8 Å². The maximum atomic E-state index is 12.7. The summed E-state index contributed by atoms with van der Waals surface area (Å²) in [5.74, 6) is -0.309. The van der Waals surface area contributed by atoms with Crippen molar-refractivity contribution in [1.29, 1.82) is 0 Å². The standard InChI is InChI=1S/C49H98NO7P/c1-6-8-10-12-14-16-18-20-21-22-23-24-25-26-27-28-29-30-32-34-36-38-40-42-49(51)57-48(47-56-58(52,53)55-45-43-50(3,4)5)46-54-44-41-39-37-35-33-31-19-17-15-13-11-9-7-2/h22-23,48H,6-21,24-47H2,1-5H3/p+1/b23-22-. The topological polar surface area (TPSA) is 91.3 Å². The Labute approximate surface area is 360 Å². The Hall–Kier alpha value is -0.760. The molecule has 2 atom stereocenters. The third kappa shape index (κ3) is 46.3. The maximum absolute atomic E-state index is 12.7. The van der Waals surface area contributed by atoms with Gasteiger partial charge in [-0.1, -0.05) is 206 Å². The highest BCUT2D eigenvalue weighted by molar-refractivity contribution is 7.47. The van der Waals surface area contributed by atoms with Crippen LogP contribution in [-0.4, -0.2) is 75.6 Å². The Bertz CT molecular complexity index is 940. The number of quaternary nitrogens is 1. The third-order valence-electron chi connectivity index (χ3n) is 11.1. The van der Waals surface area contributed by atoms with Crippen LogP contribution in [0.3, 0.4) is 0 Å². The van der Waals surface area contributed by atoms with Gasteiger partial charge in [0.15, 0.2) is 0 Å². The molecule has 58 heavy (non-hydrogen) atoms. The average molecular weight is 845 g/mol. The molecule has 0 heterocycles. The van der Waals surface area contributed by atoms with Crippen LogP contribution >= 0.6 is 7.82 Å². The second-order valence-corrected chi connectivity index (χ2v) is 19.7. The van der Waals surface area contributed by atoms with Gasteiger partial charge in [-0.2, -0.15) is 0 Å². The van der Waals surface area contributed by atoms with E-state index in [1.807, 2.05) is 21.1 Å². The Balaban J connectivity index is 4.07. The molecule has 0 spiro atoms. The van der Waals surface area contributed by atoms with E-state index in [9.17, 15) is 14.3 Å². The van der Waals surface area contributed by atoms with Gasteiger partial charge >= 0.3 is 13.8 Å². The van der Waals surface area contributed by atoms with Gasteiger partial charge in [-0.25, -0.2) is 4.57 Å². The zero-order valence-electron chi connectivity index (χ0n) is 39.3. The number of phosphoric acid groups is 1. The lowest BCUT2D eigenvalue weighted by molar-refractivity contribution is -0.870. The van der Waals surface area contributed by atoms with E-state index in [-0.39, 0.29) is 25.8 Å². The van der Waals surface area contributed by atoms with Gasteiger partial charge in [0.1, 0.15) is 19.3 Å². The average Bonchev–Trinajstić information content (AvgIpc) is 3.18. The van der Waals surface area contributed by atoms with Crippen molar-refractivity contribution in [2.75, 3.05) is 54.1 Å². The van der Waals surface area contributed by atoms with Crippen LogP contribution in [-0.2, 0) is 27.9 Å². The van der Waals surface area contributed by atoms with Gasteiger partial charge in [-0.05, 0) is 38.5 Å². The molecule has 0 radical (unpaired) electrons. The summed E-state index contributed by atoms with van der Waals surface area (Å²) in [6.45, 7) is 5.67. The molecule has 0 fully saturated rings. The summed E-state index contributed by atoms with van der Waals surface area (Å²) < 4.78 is 35.1. The summed E-state index contributed by atoms with van der Waals surface area (Å²) >= 11 is 0. The normalized spacial score (nSPS) is 13.7. The van der Waals surface area contributed by atoms with Gasteiger partial charge in [0.25, 0.3) is 0 Å². The van der Waals surface area contributed by atoms with E-state index in [1.54, 1.807) is 0 Å². The highest BCUT2D eigenvalue weighted by Crippen LogP contribution is 2.43. The van der Waals surface area contributed by atoms with Crippen molar-refractivity contribution in [2.45, 2.75) is 245 Å². The number of nitrogens with zero attached hydrogens (tertiary/aromatic N) is 1. The van der Waals surface area contributed by atoms with Crippen molar-refractivity contribution in [3.63, 3.8) is 0 Å². The maximum Gasteiger partial charge on any atom is 0.472 e. The molecule has 346 valence electrons. The minimum absolute atomic E-state index is 0.0921. The van der Waals surface area contributed by atoms with E-state index in [1.165, 1.54) is 186 Å². The number of carbonyl (C=O) groups is 1. The number of unbranched alkanes of at least 4 members (excludes halogenated alkanes) is 31. The SMILES string of the molecule is CCCCCCCCCC/C=C\CCCCCCCCCCCCCC(=O)OC(COCCCCCCCCCCCCCCC)COP(=O)(O)OCC[N+](C)(C)C. The van der Waals surface area contributed by atoms with E-state index in [4.69, 9.17) is 18.5 Å². The molecule has 0 rings (SSSR count). The number of ether oxygens (including phenoxy) is 2. The fourth-order valence-electron chi connectivity index (χ4n) is 7.20. The van der Waals surface area contributed by atoms with Crippen molar-refractivity contribution in [3.05, 3.63) is 12.2 Å². The van der Waals surface area contributed by atoms with Gasteiger partial charge in [-0.15, -0.1) is 0 Å². The molecule has 0 aliphatic heterocycles. The number of likely N-dealkylation sites (N-methyl/N-ethyl adjacent to an activating group) is 1. The number of rotatable bonds is 47. The Morgan fingerprint density at radius 2 is 0.897 bits per heavy atom. The Kier molecular flexibility index (Phi) is 42.3. The fourth-order valence-corrected chi connectivity index (χ4v) is 7.94. The molecule has 2 unspecified atom stereocenters. The zero-order valence-corrected chi connectivity index (χ0v) is 40.2. The second kappa shape index (κ2) is 42.9. The minimum atomic E-state index is -4.27. The molecule has 0 saturated carbocycles. The highest BCUT2D eigenvalue weighted by Gasteiger charge is 2.26. The first-order valence-electron chi connectivity index (χ1n) is 24.9. The van der Waals surface area contributed by atoms with Crippen molar-refractivity contribution < 1.29 is 37.3 Å². The lowest BCUT2D eigenvalue weighted by atomic mass is 10.0. The Morgan fingerprint density at radius 1 is 0.517 bits per heavy atom. The third-order valence-corrected chi connectivity index (χ3v) is 12.1. The van der Waals surface area contributed by atoms with Gasteiger partial charge in [0.05, 0.1) is 34.4 Å². The monoisotopic (exact) mass is 845 g/mol. The van der Waals surface area contributed by atoms with E-state index in [0.717, 1.165) is 32.1 Å². The number of hydrogen-bond acceptors (Lipinski definition) is 6. The Morgan fingerprint density at radius 3 is 1.31 bits per heavy atom. The molecule has 0 amide bonds. The van der Waals surface area contributed by atoms with Gasteiger partial charge < -0.3 is 18.9 Å². The molecule has 0 aromatic heterocycles. The molecule has 1 N–H and O–H groups in total. The van der Waals surface area contributed by atoms with Crippen LogP contribution in [0.1, 0.15) is 239 Å². The van der Waals surface area contributed by atoms with Crippen molar-refractivity contribution in [3.8, 4) is 0 Å². The summed E-state index contributed by atoms with van der Waals surface area (Å²) in [5, 5.41) is 0. The molecule has 9 heteroatoms. The number of phosphoric ester groups is 1. The predicted octanol–water partition coefficient (Wildman–Crippen LogP) is 15.0. The second-order valence-electron chi connectivity index (χ2n) is 18.2. The first kappa shape index (κ1) is 57.2. The number of hydrogen-bond donors (Lipinski definition) is 1. The van der Waals surface area contributed by atoms with Crippen LogP contribution in [0.4, 0.5) is 0 Å². The lowest BCUT2D eigenvalue weighted by Gasteiger charge is -2.24. The van der Waals surface area contributed by atoms with E-state index in [0.29, 0.717) is 24.1 Å². The van der Waals surface area contributed by atoms with Crippen LogP contribution in [0.25, 0.3) is 0 Å². The van der Waals surface area contributed by atoms with Crippen LogP contribution < -0.4 is 0 Å². The van der Waals surface area contributed by atoms with Crippen LogP contribution in [0, 0.1) is 0 Å². The van der Waals surface area contributed by atoms with E-state index < -0.39 is 13.9 Å². The molecule has 8 nitrogen and oxygen atoms in total. The van der Waals surface area contributed by atoms with Crippen molar-refractivity contribution in [2.24, 2.45) is 0 Å². The molecule has 0 aliphatic rings. The smallest absolute Gasteiger partial charge is 0.457 e. The summed E-state index contributed by atoms with van der Waals surface area (Å²) in [6, 6.07) is 0. The predicted molar refractivity (Wildman–Crippen MR) is 247 cm³/mol. The molecular weight excluding hydrogens is 746 g/mol. The van der Waals surface area contributed by atoms with Gasteiger partial charge in [0, 0.05) is 13.0 Å². The summed E-state index contributed by atoms with van der Waals surface area (Å²) in [7, 11) is 1.68. The number of carbonyl (C=O) groups excluding carboxylic acids is 1. The minimum Gasteiger partial charge on any atom is -0.457 e. The molecule has 0 bridgehead atoms. The summed E-state index contributed by atoms with van der Waals surface area (Å²) in [5.41, 5.74) is 0. The summed E-state index contributed by atoms with van der Waals surface area (Å²) in [4.78, 5) is 23.0. The van der Waals surface area contributed by atoms with E-state index in [2.05, 4.69) is 26.0 Å². The quantitative estimate of drug-likeness (QED) is 0.0214. The van der Waals surface area contributed by atoms with E-state index >= 15 is 0 Å². The number of allylic oxidation sites excluding steroid dienone is 2. The molecular formula is C49H99NO7P+. The van der Waals surface area contributed by atoms with Crippen LogP contribution in [0.15, 0.2) is 12.2 Å². The first-order valence-corrected chi connectivity index (χ1v) is 26.4. The molecule has 0 aliphatic carbocycles. The number of esters is 1. The van der Waals surface area contributed by atoms with Crippen LogP contribution in [0.2, 0.25) is 0 Å². The highest BCUT2D eigenvalue weighted by atomic mass is 31.2. The lowest BCUT2D eigenvalue weighted by Crippen LogP contribution is -2.37. The largest absolute Gasteiger partial charge is 0.472 e. The van der Waals surface area contributed by atoms with Crippen molar-refractivity contribution in [1.82, 2.24) is 0 Å². The molecule has 0 aromatic rings. The summed E-state index contributed by atoms with van der Waals surface area (Å²) in [6.07, 6.45) is 48.2. The molecule has 0 aromatic carbocycles. The fraction of sp³-hybridized carbons (Fsp3) is 0.939. The van der Waals surface area contributed by atoms with Gasteiger partial charge in [-0.3, -0.25) is 13.8 Å². The van der Waals surface area contributed by atoms with Gasteiger partial charge in [0.2, 0.25) is 0 Å². The molecule has 0 saturated heterocycles. The first-order chi connectivity index (χ1) is 28.1. The zero-order chi connectivity index (χ0) is 42.7. The van der Waals surface area contributed by atoms with Crippen LogP contribution in [0.5, 0.6) is 0 Å².